The summed E-state index contributed by atoms with van der Waals surface area (Å²) < 4.78 is 5.55. The van der Waals surface area contributed by atoms with Crippen molar-refractivity contribution in [1.29, 1.82) is 0 Å². The first-order chi connectivity index (χ1) is 13.4. The number of ether oxygens (including phenoxy) is 1. The normalized spacial score (nSPS) is 20.0. The standard InChI is InChI=1S/C23H25NO4/c1-23(2)12-19(23)20(11-21(25)26)24-22(27)28-13-18-16-9-5-3-7-14(16)15-8-4-6-10-17(15)18/h3-10,18-20H,11-13H2,1-2H3,(H,24,27)(H,25,26)/t19?,20-/m1/s1. The first-order valence-corrected chi connectivity index (χ1v) is 9.70. The zero-order valence-corrected chi connectivity index (χ0v) is 16.1. The molecule has 0 saturated heterocycles. The Kier molecular flexibility index (Phi) is 4.61. The van der Waals surface area contributed by atoms with E-state index in [-0.39, 0.29) is 30.3 Å². The first kappa shape index (κ1) is 18.5. The zero-order chi connectivity index (χ0) is 19.9. The Morgan fingerprint density at radius 1 is 1.11 bits per heavy atom. The molecule has 0 radical (unpaired) electrons. The summed E-state index contributed by atoms with van der Waals surface area (Å²) in [5.41, 5.74) is 4.73. The summed E-state index contributed by atoms with van der Waals surface area (Å²) in [6.07, 6.45) is 0.281. The van der Waals surface area contributed by atoms with Crippen molar-refractivity contribution in [3.05, 3.63) is 59.7 Å². The van der Waals surface area contributed by atoms with Gasteiger partial charge < -0.3 is 15.2 Å². The van der Waals surface area contributed by atoms with E-state index in [4.69, 9.17) is 4.74 Å². The number of aliphatic carboxylic acids is 1. The monoisotopic (exact) mass is 379 g/mol. The molecule has 0 aromatic heterocycles. The summed E-state index contributed by atoms with van der Waals surface area (Å²) >= 11 is 0. The van der Waals surface area contributed by atoms with Gasteiger partial charge in [-0.25, -0.2) is 4.79 Å². The Balaban J connectivity index is 1.44. The molecule has 2 aromatic carbocycles. The van der Waals surface area contributed by atoms with E-state index in [1.54, 1.807) is 0 Å². The Hall–Kier alpha value is -2.82. The van der Waals surface area contributed by atoms with Crippen molar-refractivity contribution in [2.24, 2.45) is 11.3 Å². The molecule has 2 atom stereocenters. The maximum atomic E-state index is 12.4. The second-order valence-electron chi connectivity index (χ2n) is 8.47. The van der Waals surface area contributed by atoms with E-state index in [2.05, 4.69) is 43.4 Å². The highest BCUT2D eigenvalue weighted by molar-refractivity contribution is 5.79. The summed E-state index contributed by atoms with van der Waals surface area (Å²) in [7, 11) is 0. The average molecular weight is 379 g/mol. The summed E-state index contributed by atoms with van der Waals surface area (Å²) in [6.45, 7) is 4.41. The predicted octanol–water partition coefficient (Wildman–Crippen LogP) is 4.41. The number of rotatable bonds is 6. The third kappa shape index (κ3) is 3.49. The quantitative estimate of drug-likeness (QED) is 0.779. The van der Waals surface area contributed by atoms with Gasteiger partial charge in [0.05, 0.1) is 6.42 Å². The summed E-state index contributed by atoms with van der Waals surface area (Å²) in [4.78, 5) is 23.6. The molecular weight excluding hydrogens is 354 g/mol. The molecule has 146 valence electrons. The molecule has 2 aliphatic rings. The molecule has 0 aliphatic heterocycles. The van der Waals surface area contributed by atoms with E-state index in [1.165, 1.54) is 11.1 Å². The minimum absolute atomic E-state index is 0.00607. The second-order valence-corrected chi connectivity index (χ2v) is 8.47. The van der Waals surface area contributed by atoms with Crippen LogP contribution in [0.3, 0.4) is 0 Å². The van der Waals surface area contributed by atoms with Gasteiger partial charge in [0.2, 0.25) is 0 Å². The topological polar surface area (TPSA) is 75.6 Å². The van der Waals surface area contributed by atoms with Crippen LogP contribution in [-0.4, -0.2) is 29.8 Å². The van der Waals surface area contributed by atoms with E-state index < -0.39 is 18.1 Å². The van der Waals surface area contributed by atoms with Crippen LogP contribution in [0.15, 0.2) is 48.5 Å². The van der Waals surface area contributed by atoms with E-state index in [0.29, 0.717) is 0 Å². The van der Waals surface area contributed by atoms with Crippen LogP contribution in [0.2, 0.25) is 0 Å². The Morgan fingerprint density at radius 2 is 1.64 bits per heavy atom. The minimum Gasteiger partial charge on any atom is -0.481 e. The highest BCUT2D eigenvalue weighted by Gasteiger charge is 2.51. The molecule has 0 spiro atoms. The highest BCUT2D eigenvalue weighted by atomic mass is 16.5. The van der Waals surface area contributed by atoms with Gasteiger partial charge in [-0.2, -0.15) is 0 Å². The number of hydrogen-bond donors (Lipinski definition) is 2. The number of fused-ring (bicyclic) bond motifs is 3. The largest absolute Gasteiger partial charge is 0.481 e. The van der Waals surface area contributed by atoms with E-state index in [0.717, 1.165) is 17.5 Å². The highest BCUT2D eigenvalue weighted by Crippen LogP contribution is 2.54. The molecule has 1 unspecified atom stereocenters. The first-order valence-electron chi connectivity index (χ1n) is 9.70. The second kappa shape index (κ2) is 6.97. The zero-order valence-electron chi connectivity index (χ0n) is 16.1. The SMILES string of the molecule is CC1(C)CC1[C@@H](CC(=O)O)NC(=O)OCC1c2ccccc2-c2ccccc21. The van der Waals surface area contributed by atoms with Crippen molar-refractivity contribution in [1.82, 2.24) is 5.32 Å². The fraction of sp³-hybridized carbons (Fsp3) is 0.391. The third-order valence-electron chi connectivity index (χ3n) is 6.12. The van der Waals surface area contributed by atoms with Crippen molar-refractivity contribution in [2.75, 3.05) is 6.61 Å². The lowest BCUT2D eigenvalue weighted by molar-refractivity contribution is -0.137. The van der Waals surface area contributed by atoms with Gasteiger partial charge in [0, 0.05) is 12.0 Å². The maximum Gasteiger partial charge on any atom is 0.407 e. The summed E-state index contributed by atoms with van der Waals surface area (Å²) in [5, 5.41) is 12.0. The number of carboxylic acid groups (broad SMARTS) is 1. The summed E-state index contributed by atoms with van der Waals surface area (Å²) in [5.74, 6) is -0.746. The van der Waals surface area contributed by atoms with Crippen LogP contribution >= 0.6 is 0 Å². The number of alkyl carbamates (subject to hydrolysis) is 1. The molecular formula is C23H25NO4. The molecule has 1 saturated carbocycles. The number of carboxylic acids is 1. The van der Waals surface area contributed by atoms with Crippen molar-refractivity contribution >= 4 is 12.1 Å². The van der Waals surface area contributed by atoms with E-state index >= 15 is 0 Å². The van der Waals surface area contributed by atoms with Crippen molar-refractivity contribution < 1.29 is 19.4 Å². The van der Waals surface area contributed by atoms with Crippen LogP contribution < -0.4 is 5.32 Å². The molecule has 0 bridgehead atoms. The van der Waals surface area contributed by atoms with Crippen LogP contribution in [0, 0.1) is 11.3 Å². The van der Waals surface area contributed by atoms with Crippen molar-refractivity contribution in [2.45, 2.75) is 38.6 Å². The van der Waals surface area contributed by atoms with Crippen LogP contribution in [0.1, 0.15) is 43.7 Å². The Labute approximate surface area is 164 Å². The Bertz CT molecular complexity index is 875. The molecule has 2 aliphatic carbocycles. The van der Waals surface area contributed by atoms with Gasteiger partial charge in [-0.05, 0) is 40.0 Å². The average Bonchev–Trinajstić information content (AvgIpc) is 3.18. The lowest BCUT2D eigenvalue weighted by Gasteiger charge is -2.20. The van der Waals surface area contributed by atoms with Crippen LogP contribution in [-0.2, 0) is 9.53 Å². The molecule has 5 nitrogen and oxygen atoms in total. The van der Waals surface area contributed by atoms with Crippen LogP contribution in [0.5, 0.6) is 0 Å². The van der Waals surface area contributed by atoms with E-state index in [9.17, 15) is 14.7 Å². The van der Waals surface area contributed by atoms with Crippen LogP contribution in [0.4, 0.5) is 4.79 Å². The molecule has 1 amide bonds. The smallest absolute Gasteiger partial charge is 0.407 e. The maximum absolute atomic E-state index is 12.4. The van der Waals surface area contributed by atoms with Gasteiger partial charge in [-0.1, -0.05) is 62.4 Å². The fourth-order valence-corrected chi connectivity index (χ4v) is 4.47. The number of hydrogen-bond acceptors (Lipinski definition) is 3. The third-order valence-corrected chi connectivity index (χ3v) is 6.12. The fourth-order valence-electron chi connectivity index (χ4n) is 4.47. The Morgan fingerprint density at radius 3 is 2.14 bits per heavy atom. The molecule has 2 N–H and O–H groups in total. The molecule has 1 fully saturated rings. The van der Waals surface area contributed by atoms with Crippen molar-refractivity contribution in [3.8, 4) is 11.1 Å². The number of carbonyl (C=O) groups is 2. The molecule has 28 heavy (non-hydrogen) atoms. The molecule has 2 aromatic rings. The van der Waals surface area contributed by atoms with Crippen molar-refractivity contribution in [3.63, 3.8) is 0 Å². The number of benzene rings is 2. The number of carbonyl (C=O) groups excluding carboxylic acids is 1. The molecule has 5 heteroatoms. The van der Waals surface area contributed by atoms with Gasteiger partial charge in [-0.3, -0.25) is 4.79 Å². The van der Waals surface area contributed by atoms with Crippen LogP contribution in [0.25, 0.3) is 11.1 Å². The van der Waals surface area contributed by atoms with Gasteiger partial charge in [0.1, 0.15) is 6.61 Å². The molecule has 0 heterocycles. The van der Waals surface area contributed by atoms with Gasteiger partial charge in [0.25, 0.3) is 0 Å². The predicted molar refractivity (Wildman–Crippen MR) is 106 cm³/mol. The van der Waals surface area contributed by atoms with E-state index in [1.807, 2.05) is 24.3 Å². The minimum atomic E-state index is -0.911. The van der Waals surface area contributed by atoms with Gasteiger partial charge in [-0.15, -0.1) is 0 Å². The summed E-state index contributed by atoms with van der Waals surface area (Å²) in [6, 6.07) is 15.9. The lowest BCUT2D eigenvalue weighted by Crippen LogP contribution is -2.39. The molecule has 4 rings (SSSR count). The van der Waals surface area contributed by atoms with Gasteiger partial charge in [0.15, 0.2) is 0 Å². The number of nitrogens with one attached hydrogen (secondary N) is 1. The lowest BCUT2D eigenvalue weighted by atomic mass is 9.98. The van der Waals surface area contributed by atoms with Gasteiger partial charge >= 0.3 is 12.1 Å². The number of amides is 1.